The Kier molecular flexibility index (Phi) is 5.00. The number of aryl methyl sites for hydroxylation is 1. The molecule has 25 heavy (non-hydrogen) atoms. The van der Waals surface area contributed by atoms with Gasteiger partial charge in [0.25, 0.3) is 5.91 Å². The van der Waals surface area contributed by atoms with E-state index in [-0.39, 0.29) is 12.5 Å². The first-order valence-corrected chi connectivity index (χ1v) is 8.24. The molecule has 0 saturated heterocycles. The van der Waals surface area contributed by atoms with E-state index < -0.39 is 0 Å². The molecule has 0 bridgehead atoms. The molecule has 2 aromatic carbocycles. The summed E-state index contributed by atoms with van der Waals surface area (Å²) in [5.41, 5.74) is 4.04. The molecule has 5 heteroatoms. The van der Waals surface area contributed by atoms with Crippen molar-refractivity contribution >= 4 is 17.5 Å². The predicted molar refractivity (Wildman–Crippen MR) is 98.2 cm³/mol. The zero-order valence-corrected chi connectivity index (χ0v) is 14.5. The second kappa shape index (κ2) is 7.36. The number of benzene rings is 2. The highest BCUT2D eigenvalue weighted by Gasteiger charge is 2.11. The Hall–Kier alpha value is -2.85. The van der Waals surface area contributed by atoms with E-state index in [1.54, 1.807) is 24.3 Å². The minimum atomic E-state index is -0.225. The van der Waals surface area contributed by atoms with Crippen molar-refractivity contribution in [2.45, 2.75) is 13.5 Å². The average Bonchev–Trinajstić information content (AvgIpc) is 2.61. The van der Waals surface area contributed by atoms with Crippen LogP contribution in [0.25, 0.3) is 11.1 Å². The number of amides is 1. The Morgan fingerprint density at radius 1 is 1.12 bits per heavy atom. The topological polar surface area (TPSA) is 56.0 Å². The predicted octanol–water partition coefficient (Wildman–Crippen LogP) is 3.88. The van der Waals surface area contributed by atoms with Crippen molar-refractivity contribution in [1.82, 2.24) is 5.32 Å². The van der Waals surface area contributed by atoms with E-state index in [4.69, 9.17) is 11.6 Å². The van der Waals surface area contributed by atoms with E-state index in [9.17, 15) is 10.0 Å². The van der Waals surface area contributed by atoms with Crippen LogP contribution < -0.4 is 10.0 Å². The van der Waals surface area contributed by atoms with Gasteiger partial charge in [-0.1, -0.05) is 29.8 Å². The van der Waals surface area contributed by atoms with Crippen molar-refractivity contribution in [1.29, 1.82) is 0 Å². The fourth-order valence-corrected chi connectivity index (χ4v) is 2.88. The number of pyridine rings is 1. The number of hydrogen-bond donors (Lipinski definition) is 1. The second-order valence-electron chi connectivity index (χ2n) is 5.74. The molecule has 1 N–H and O–H groups in total. The lowest BCUT2D eigenvalue weighted by atomic mass is 9.99. The highest BCUT2D eigenvalue weighted by atomic mass is 35.5. The SMILES string of the molecule is Cc1cc(Cl)ccc1-c1cccc(C(=O)NCc2cccc[n+]2[O-])c1. The lowest BCUT2D eigenvalue weighted by Crippen LogP contribution is -2.35. The number of nitrogens with one attached hydrogen (secondary N) is 1. The van der Waals surface area contributed by atoms with Gasteiger partial charge in [-0.15, -0.1) is 0 Å². The molecule has 0 saturated carbocycles. The molecule has 0 fully saturated rings. The second-order valence-corrected chi connectivity index (χ2v) is 6.18. The molecule has 0 atom stereocenters. The standard InChI is InChI=1S/C20H17ClN2O2/c1-14-11-17(21)8-9-19(14)15-5-4-6-16(12-15)20(24)22-13-18-7-2-3-10-23(18)25/h2-12H,13H2,1H3,(H,22,24). The molecule has 1 aromatic heterocycles. The minimum Gasteiger partial charge on any atom is -0.618 e. The molecule has 3 rings (SSSR count). The summed E-state index contributed by atoms with van der Waals surface area (Å²) in [4.78, 5) is 12.4. The van der Waals surface area contributed by atoms with E-state index in [1.165, 1.54) is 6.20 Å². The zero-order valence-electron chi connectivity index (χ0n) is 13.7. The number of nitrogens with zero attached hydrogens (tertiary/aromatic N) is 1. The van der Waals surface area contributed by atoms with E-state index in [2.05, 4.69) is 5.32 Å². The van der Waals surface area contributed by atoms with Gasteiger partial charge in [0.2, 0.25) is 5.69 Å². The summed E-state index contributed by atoms with van der Waals surface area (Å²) < 4.78 is 0.744. The molecule has 0 spiro atoms. The lowest BCUT2D eigenvalue weighted by Gasteiger charge is -2.09. The van der Waals surface area contributed by atoms with Crippen molar-refractivity contribution in [2.24, 2.45) is 0 Å². The monoisotopic (exact) mass is 352 g/mol. The quantitative estimate of drug-likeness (QED) is 0.572. The summed E-state index contributed by atoms with van der Waals surface area (Å²) in [5.74, 6) is -0.225. The number of rotatable bonds is 4. The number of hydrogen-bond acceptors (Lipinski definition) is 2. The van der Waals surface area contributed by atoms with Crippen molar-refractivity contribution in [3.05, 3.63) is 93.9 Å². The van der Waals surface area contributed by atoms with Crippen LogP contribution in [0, 0.1) is 12.1 Å². The van der Waals surface area contributed by atoms with Crippen LogP contribution in [0.2, 0.25) is 5.02 Å². The summed E-state index contributed by atoms with van der Waals surface area (Å²) in [6.45, 7) is 2.16. The van der Waals surface area contributed by atoms with Gasteiger partial charge < -0.3 is 10.5 Å². The van der Waals surface area contributed by atoms with Gasteiger partial charge in [-0.25, -0.2) is 0 Å². The molecule has 1 heterocycles. The summed E-state index contributed by atoms with van der Waals surface area (Å²) in [7, 11) is 0. The highest BCUT2D eigenvalue weighted by molar-refractivity contribution is 6.30. The molecule has 3 aromatic rings. The van der Waals surface area contributed by atoms with Crippen LogP contribution >= 0.6 is 11.6 Å². The average molecular weight is 353 g/mol. The third-order valence-corrected chi connectivity index (χ3v) is 4.19. The molecular formula is C20H17ClN2O2. The minimum absolute atomic E-state index is 0.174. The summed E-state index contributed by atoms with van der Waals surface area (Å²) >= 11 is 6.01. The molecule has 0 unspecified atom stereocenters. The number of carbonyl (C=O) groups is 1. The third kappa shape index (κ3) is 3.98. The van der Waals surface area contributed by atoms with Gasteiger partial charge >= 0.3 is 0 Å². The molecule has 0 aliphatic rings. The number of aromatic nitrogens is 1. The molecule has 0 aliphatic heterocycles. The first-order chi connectivity index (χ1) is 12.0. The summed E-state index contributed by atoms with van der Waals surface area (Å²) in [5, 5.41) is 15.1. The van der Waals surface area contributed by atoms with Crippen LogP contribution in [0.3, 0.4) is 0 Å². The Morgan fingerprint density at radius 2 is 1.96 bits per heavy atom. The van der Waals surface area contributed by atoms with Gasteiger partial charge in [0, 0.05) is 22.7 Å². The number of halogens is 1. The van der Waals surface area contributed by atoms with Crippen LogP contribution in [-0.4, -0.2) is 5.91 Å². The fraction of sp³-hybridized carbons (Fsp3) is 0.100. The summed E-state index contributed by atoms with van der Waals surface area (Å²) in [6, 6.07) is 18.1. The van der Waals surface area contributed by atoms with E-state index in [1.807, 2.05) is 43.3 Å². The van der Waals surface area contributed by atoms with E-state index in [0.29, 0.717) is 16.3 Å². The van der Waals surface area contributed by atoms with Crippen molar-refractivity contribution in [2.75, 3.05) is 0 Å². The van der Waals surface area contributed by atoms with Crippen LogP contribution in [0.1, 0.15) is 21.6 Å². The molecular weight excluding hydrogens is 336 g/mol. The third-order valence-electron chi connectivity index (χ3n) is 3.96. The number of carbonyl (C=O) groups excluding carboxylic acids is 1. The maximum absolute atomic E-state index is 12.4. The maximum Gasteiger partial charge on any atom is 0.251 e. The molecule has 0 aliphatic carbocycles. The smallest absolute Gasteiger partial charge is 0.251 e. The fourth-order valence-electron chi connectivity index (χ4n) is 2.65. The van der Waals surface area contributed by atoms with Gasteiger partial charge in [0.15, 0.2) is 6.20 Å². The van der Waals surface area contributed by atoms with Crippen LogP contribution in [0.4, 0.5) is 0 Å². The molecule has 126 valence electrons. The van der Waals surface area contributed by atoms with Crippen molar-refractivity contribution in [3.63, 3.8) is 0 Å². The summed E-state index contributed by atoms with van der Waals surface area (Å²) in [6.07, 6.45) is 1.41. The zero-order chi connectivity index (χ0) is 17.8. The first-order valence-electron chi connectivity index (χ1n) is 7.86. The first kappa shape index (κ1) is 17.0. The van der Waals surface area contributed by atoms with Crippen molar-refractivity contribution < 1.29 is 9.52 Å². The van der Waals surface area contributed by atoms with E-state index >= 15 is 0 Å². The van der Waals surface area contributed by atoms with Gasteiger partial charge in [-0.2, -0.15) is 4.73 Å². The Morgan fingerprint density at radius 3 is 2.72 bits per heavy atom. The van der Waals surface area contributed by atoms with E-state index in [0.717, 1.165) is 21.4 Å². The van der Waals surface area contributed by atoms with Gasteiger partial charge in [-0.05, 0) is 53.9 Å². The lowest BCUT2D eigenvalue weighted by molar-refractivity contribution is -0.614. The molecule has 0 radical (unpaired) electrons. The Bertz CT molecular complexity index is 925. The largest absolute Gasteiger partial charge is 0.618 e. The molecule has 4 nitrogen and oxygen atoms in total. The van der Waals surface area contributed by atoms with Crippen LogP contribution in [0.5, 0.6) is 0 Å². The van der Waals surface area contributed by atoms with Crippen LogP contribution in [0.15, 0.2) is 66.9 Å². The van der Waals surface area contributed by atoms with Crippen LogP contribution in [-0.2, 0) is 6.54 Å². The highest BCUT2D eigenvalue weighted by Crippen LogP contribution is 2.26. The maximum atomic E-state index is 12.4. The van der Waals surface area contributed by atoms with Gasteiger partial charge in [0.1, 0.15) is 6.54 Å². The Balaban J connectivity index is 1.79. The van der Waals surface area contributed by atoms with Gasteiger partial charge in [0.05, 0.1) is 0 Å². The molecule has 1 amide bonds. The van der Waals surface area contributed by atoms with Gasteiger partial charge in [-0.3, -0.25) is 4.79 Å². The Labute approximate surface area is 151 Å². The normalized spacial score (nSPS) is 10.5. The van der Waals surface area contributed by atoms with Crippen molar-refractivity contribution in [3.8, 4) is 11.1 Å².